The topological polar surface area (TPSA) is 155 Å². The van der Waals surface area contributed by atoms with Crippen LogP contribution >= 0.6 is 0 Å². The summed E-state index contributed by atoms with van der Waals surface area (Å²) < 4.78 is 84.8. The van der Waals surface area contributed by atoms with Crippen LogP contribution < -0.4 is 29.6 Å². The zero-order chi connectivity index (χ0) is 16.4. The predicted molar refractivity (Wildman–Crippen MR) is 65.0 cm³/mol. The molecule has 5 atom stereocenters. The molecule has 1 saturated heterocycles. The molecule has 11 nitrogen and oxygen atoms in total. The molecule has 0 amide bonds. The van der Waals surface area contributed by atoms with Crippen LogP contribution in [0.15, 0.2) is 0 Å². The van der Waals surface area contributed by atoms with Crippen LogP contribution in [0.4, 0.5) is 0 Å². The standard InChI is InChI=1S/C8H16O11S2.Na/c1-4-5(15-2)6(18-20(9,10)11)7(8(16-3)17-4)19-21(12,13)14;/h4-8H,1-3H3,(H,9,10,11)(H,12,13,14);/q;+1/t4-,5-,6+,7+,8+;/m0./s1. The maximum absolute atomic E-state index is 10.9. The van der Waals surface area contributed by atoms with Gasteiger partial charge in [-0.2, -0.15) is 16.8 Å². The van der Waals surface area contributed by atoms with Crippen molar-refractivity contribution in [2.75, 3.05) is 14.2 Å². The Labute approximate surface area is 150 Å². The molecule has 0 spiro atoms. The van der Waals surface area contributed by atoms with Crippen molar-refractivity contribution in [2.24, 2.45) is 0 Å². The summed E-state index contributed by atoms with van der Waals surface area (Å²) in [5.74, 6) is 0. The Morgan fingerprint density at radius 2 is 1.32 bits per heavy atom. The van der Waals surface area contributed by atoms with Gasteiger partial charge in [-0.15, -0.1) is 0 Å². The summed E-state index contributed by atoms with van der Waals surface area (Å²) in [6, 6.07) is 0. The van der Waals surface area contributed by atoms with Gasteiger partial charge >= 0.3 is 50.4 Å². The van der Waals surface area contributed by atoms with E-state index >= 15 is 0 Å². The first-order valence-corrected chi connectivity index (χ1v) is 8.24. The van der Waals surface area contributed by atoms with Crippen molar-refractivity contribution in [1.82, 2.24) is 0 Å². The van der Waals surface area contributed by atoms with E-state index in [2.05, 4.69) is 8.37 Å². The monoisotopic (exact) mass is 375 g/mol. The maximum Gasteiger partial charge on any atom is 1.00 e. The molecule has 1 rings (SSSR count). The zero-order valence-corrected chi connectivity index (χ0v) is 15.9. The summed E-state index contributed by atoms with van der Waals surface area (Å²) in [5.41, 5.74) is 0. The number of ether oxygens (including phenoxy) is 3. The molecule has 0 radical (unpaired) electrons. The van der Waals surface area contributed by atoms with Crippen molar-refractivity contribution in [3.05, 3.63) is 0 Å². The fourth-order valence-electron chi connectivity index (χ4n) is 1.98. The SMILES string of the molecule is CO[C@@H]1O[C@@H](C)[C@H](OC)[C@@H](OS(=O)(=O)O)[C@H]1OS(=O)(=O)O.[Na+]. The largest absolute Gasteiger partial charge is 1.00 e. The van der Waals surface area contributed by atoms with Gasteiger partial charge in [-0.25, -0.2) is 8.37 Å². The van der Waals surface area contributed by atoms with E-state index in [9.17, 15) is 16.8 Å². The fraction of sp³-hybridized carbons (Fsp3) is 1.00. The van der Waals surface area contributed by atoms with E-state index in [4.69, 9.17) is 23.3 Å². The normalized spacial score (nSPS) is 33.2. The van der Waals surface area contributed by atoms with Gasteiger partial charge in [0, 0.05) is 14.2 Å². The number of methoxy groups -OCH3 is 2. The van der Waals surface area contributed by atoms with Crippen molar-refractivity contribution in [1.29, 1.82) is 0 Å². The summed E-state index contributed by atoms with van der Waals surface area (Å²) in [4.78, 5) is 0. The van der Waals surface area contributed by atoms with Crippen LogP contribution in [-0.4, -0.2) is 70.9 Å². The summed E-state index contributed by atoms with van der Waals surface area (Å²) >= 11 is 0. The molecule has 0 aliphatic carbocycles. The van der Waals surface area contributed by atoms with E-state index in [1.54, 1.807) is 0 Å². The molecule has 0 aromatic heterocycles. The smallest absolute Gasteiger partial charge is 0.376 e. The van der Waals surface area contributed by atoms with Gasteiger partial charge in [-0.05, 0) is 6.92 Å². The molecule has 1 heterocycles. The second-order valence-corrected chi connectivity index (χ2v) is 6.22. The number of hydrogen-bond donors (Lipinski definition) is 2. The minimum atomic E-state index is -4.98. The molecule has 126 valence electrons. The van der Waals surface area contributed by atoms with Crippen LogP contribution in [0.5, 0.6) is 0 Å². The summed E-state index contributed by atoms with van der Waals surface area (Å²) in [7, 11) is -7.62. The second kappa shape index (κ2) is 8.64. The predicted octanol–water partition coefficient (Wildman–Crippen LogP) is -4.23. The van der Waals surface area contributed by atoms with E-state index in [1.165, 1.54) is 14.0 Å². The van der Waals surface area contributed by atoms with Crippen LogP contribution in [0.3, 0.4) is 0 Å². The quantitative estimate of drug-likeness (QED) is 0.343. The molecular weight excluding hydrogens is 359 g/mol. The molecule has 0 aromatic carbocycles. The Balaban J connectivity index is 0.00000441. The van der Waals surface area contributed by atoms with Crippen LogP contribution in [0.25, 0.3) is 0 Å². The molecule has 1 fully saturated rings. The Morgan fingerprint density at radius 1 is 0.864 bits per heavy atom. The van der Waals surface area contributed by atoms with Crippen molar-refractivity contribution < 1.29 is 78.1 Å². The van der Waals surface area contributed by atoms with Crippen LogP contribution in [0.2, 0.25) is 0 Å². The molecular formula is C8H16NaO11S2+. The number of rotatable bonds is 6. The summed E-state index contributed by atoms with van der Waals surface area (Å²) in [6.45, 7) is 1.48. The maximum atomic E-state index is 10.9. The molecule has 1 aliphatic rings. The Hall–Kier alpha value is 0.620. The van der Waals surface area contributed by atoms with Crippen LogP contribution in [-0.2, 0) is 43.4 Å². The molecule has 14 heteroatoms. The van der Waals surface area contributed by atoms with E-state index in [0.29, 0.717) is 0 Å². The van der Waals surface area contributed by atoms with Crippen molar-refractivity contribution in [2.45, 2.75) is 37.6 Å². The molecule has 0 unspecified atom stereocenters. The van der Waals surface area contributed by atoms with Crippen molar-refractivity contribution in [3.63, 3.8) is 0 Å². The first-order valence-electron chi connectivity index (χ1n) is 5.51. The molecule has 0 bridgehead atoms. The first kappa shape index (κ1) is 22.6. The fourth-order valence-corrected chi connectivity index (χ4v) is 2.96. The minimum Gasteiger partial charge on any atom is -0.376 e. The van der Waals surface area contributed by atoms with E-state index in [0.717, 1.165) is 7.11 Å². The minimum absolute atomic E-state index is 0. The van der Waals surface area contributed by atoms with Crippen LogP contribution in [0.1, 0.15) is 6.92 Å². The first-order chi connectivity index (χ1) is 9.48. The number of hydrogen-bond acceptors (Lipinski definition) is 9. The second-order valence-electron chi connectivity index (χ2n) is 4.12. The van der Waals surface area contributed by atoms with E-state index in [1.807, 2.05) is 0 Å². The van der Waals surface area contributed by atoms with Crippen LogP contribution in [0, 0.1) is 0 Å². The van der Waals surface area contributed by atoms with Gasteiger partial charge in [0.1, 0.15) is 12.2 Å². The molecule has 2 N–H and O–H groups in total. The summed E-state index contributed by atoms with van der Waals surface area (Å²) in [5, 5.41) is 0. The Bertz CT molecular complexity index is 546. The average Bonchev–Trinajstić information content (AvgIpc) is 2.29. The van der Waals surface area contributed by atoms with Gasteiger partial charge in [0.25, 0.3) is 0 Å². The van der Waals surface area contributed by atoms with Gasteiger partial charge < -0.3 is 14.2 Å². The zero-order valence-electron chi connectivity index (χ0n) is 12.3. The Morgan fingerprint density at radius 3 is 1.68 bits per heavy atom. The van der Waals surface area contributed by atoms with Gasteiger partial charge in [-0.3, -0.25) is 9.11 Å². The Kier molecular flexibility index (Phi) is 8.88. The summed E-state index contributed by atoms with van der Waals surface area (Å²) in [6.07, 6.45) is -6.66. The van der Waals surface area contributed by atoms with Gasteiger partial charge in [0.05, 0.1) is 6.10 Å². The van der Waals surface area contributed by atoms with Crippen molar-refractivity contribution >= 4 is 20.8 Å². The van der Waals surface area contributed by atoms with Gasteiger partial charge in [0.2, 0.25) is 0 Å². The van der Waals surface area contributed by atoms with E-state index in [-0.39, 0.29) is 29.6 Å². The molecule has 0 saturated carbocycles. The molecule has 1 aliphatic heterocycles. The molecule has 22 heavy (non-hydrogen) atoms. The van der Waals surface area contributed by atoms with Crippen molar-refractivity contribution in [3.8, 4) is 0 Å². The van der Waals surface area contributed by atoms with Gasteiger partial charge in [-0.1, -0.05) is 0 Å². The third-order valence-electron chi connectivity index (χ3n) is 2.70. The third-order valence-corrected chi connectivity index (χ3v) is 3.63. The van der Waals surface area contributed by atoms with E-state index < -0.39 is 51.5 Å². The molecule has 0 aromatic rings. The van der Waals surface area contributed by atoms with Gasteiger partial charge in [0.15, 0.2) is 12.4 Å². The third kappa shape index (κ3) is 6.62. The average molecular weight is 375 g/mol.